The minimum absolute atomic E-state index is 0.119. The average Bonchev–Trinajstić information content (AvgIpc) is 3.36. The molecule has 46 heavy (non-hydrogen) atoms. The predicted octanol–water partition coefficient (Wildman–Crippen LogP) is 5.82. The van der Waals surface area contributed by atoms with Gasteiger partial charge in [0.1, 0.15) is 11.9 Å². The highest BCUT2D eigenvalue weighted by Crippen LogP contribution is 2.42. The van der Waals surface area contributed by atoms with E-state index in [-0.39, 0.29) is 37.6 Å². The van der Waals surface area contributed by atoms with Gasteiger partial charge in [-0.25, -0.2) is 4.39 Å². The maximum atomic E-state index is 14.1. The molecule has 0 aliphatic heterocycles. The summed E-state index contributed by atoms with van der Waals surface area (Å²) in [7, 11) is 0. The summed E-state index contributed by atoms with van der Waals surface area (Å²) < 4.78 is 16.1. The number of aliphatic hydroxyl groups is 2. The summed E-state index contributed by atoms with van der Waals surface area (Å²) in [6.45, 7) is 5.52. The van der Waals surface area contributed by atoms with Gasteiger partial charge in [-0.1, -0.05) is 62.4 Å². The van der Waals surface area contributed by atoms with E-state index in [1.165, 1.54) is 19.1 Å². The summed E-state index contributed by atoms with van der Waals surface area (Å²) >= 11 is 0. The monoisotopic (exact) mass is 629 g/mol. The summed E-state index contributed by atoms with van der Waals surface area (Å²) in [6, 6.07) is 23.5. The lowest BCUT2D eigenvalue weighted by atomic mass is 9.94. The molecular formula is C36H40FN3O6. The summed E-state index contributed by atoms with van der Waals surface area (Å²) in [6.07, 6.45) is -2.54. The first-order valence-electron chi connectivity index (χ1n) is 15.3. The zero-order chi connectivity index (χ0) is 33.4. The summed E-state index contributed by atoms with van der Waals surface area (Å²) in [5.74, 6) is -2.69. The molecular weight excluding hydrogens is 589 g/mol. The van der Waals surface area contributed by atoms with Gasteiger partial charge in [0, 0.05) is 23.5 Å². The number of para-hydroxylation sites is 1. The number of aliphatic carboxylic acids is 1. The lowest BCUT2D eigenvalue weighted by Crippen LogP contribution is -2.40. The number of carboxylic acids is 1. The Hall–Kier alpha value is -4.80. The van der Waals surface area contributed by atoms with E-state index in [9.17, 15) is 29.0 Å². The fourth-order valence-electron chi connectivity index (χ4n) is 5.58. The normalized spacial score (nSPS) is 13.2. The van der Waals surface area contributed by atoms with Gasteiger partial charge in [-0.15, -0.1) is 0 Å². The molecule has 0 saturated carbocycles. The maximum Gasteiger partial charge on any atom is 0.325 e. The lowest BCUT2D eigenvalue weighted by molar-refractivity contribution is -0.141. The minimum Gasteiger partial charge on any atom is -0.480 e. The van der Waals surface area contributed by atoms with E-state index >= 15 is 0 Å². The van der Waals surface area contributed by atoms with Crippen molar-refractivity contribution in [3.8, 4) is 22.4 Å². The van der Waals surface area contributed by atoms with Crippen molar-refractivity contribution in [1.82, 2.24) is 9.88 Å². The van der Waals surface area contributed by atoms with E-state index in [0.29, 0.717) is 28.1 Å². The minimum atomic E-state index is -1.20. The quantitative estimate of drug-likeness (QED) is 0.119. The first-order chi connectivity index (χ1) is 22.0. The highest BCUT2D eigenvalue weighted by Gasteiger charge is 2.31. The summed E-state index contributed by atoms with van der Waals surface area (Å²) in [5.41, 5.74) is 4.64. The second-order valence-corrected chi connectivity index (χ2v) is 11.6. The standard InChI is InChI=1S/C36H40FN3O6/c1-22(2)33-32(35(44)39-27-12-8-5-9-13-27)31(24-10-6-4-7-11-24)34(25-14-16-26(37)17-15-25)40(33)19-18-28(41)20-29(42)21-30(43)38-23(3)36(45)46/h4-17,22-23,28-29,41-42H,18-21H2,1-3H3,(H,38,43)(H,39,44)(H,45,46)/t23-,28+,29+/m0/s1. The number of amides is 2. The lowest BCUT2D eigenvalue weighted by Gasteiger charge is -2.20. The molecule has 10 heteroatoms. The Kier molecular flexibility index (Phi) is 11.5. The Morgan fingerprint density at radius 3 is 2.02 bits per heavy atom. The smallest absolute Gasteiger partial charge is 0.325 e. The first kappa shape index (κ1) is 34.1. The Bertz CT molecular complexity index is 1640. The van der Waals surface area contributed by atoms with E-state index in [4.69, 9.17) is 5.11 Å². The van der Waals surface area contributed by atoms with E-state index in [2.05, 4.69) is 10.6 Å². The van der Waals surface area contributed by atoms with Crippen molar-refractivity contribution < 1.29 is 34.1 Å². The fourth-order valence-corrected chi connectivity index (χ4v) is 5.58. The van der Waals surface area contributed by atoms with Crippen molar-refractivity contribution >= 4 is 23.5 Å². The van der Waals surface area contributed by atoms with E-state index in [1.54, 1.807) is 24.3 Å². The number of hydrogen-bond acceptors (Lipinski definition) is 5. The van der Waals surface area contributed by atoms with E-state index in [1.807, 2.05) is 66.9 Å². The Balaban J connectivity index is 1.75. The van der Waals surface area contributed by atoms with Gasteiger partial charge in [-0.3, -0.25) is 14.4 Å². The fraction of sp³-hybridized carbons (Fsp3) is 0.306. The third kappa shape index (κ3) is 8.47. The molecule has 242 valence electrons. The third-order valence-electron chi connectivity index (χ3n) is 7.69. The molecule has 0 unspecified atom stereocenters. The zero-order valence-corrected chi connectivity index (χ0v) is 26.1. The van der Waals surface area contributed by atoms with Gasteiger partial charge < -0.3 is 30.5 Å². The molecule has 4 aromatic rings. The van der Waals surface area contributed by atoms with Crippen LogP contribution in [0.25, 0.3) is 22.4 Å². The zero-order valence-electron chi connectivity index (χ0n) is 26.1. The molecule has 9 nitrogen and oxygen atoms in total. The first-order valence-corrected chi connectivity index (χ1v) is 15.3. The van der Waals surface area contributed by atoms with Crippen LogP contribution in [0.5, 0.6) is 0 Å². The van der Waals surface area contributed by atoms with Gasteiger partial charge in [-0.05, 0) is 73.2 Å². The summed E-state index contributed by atoms with van der Waals surface area (Å²) in [5, 5.41) is 35.8. The van der Waals surface area contributed by atoms with Crippen LogP contribution in [0, 0.1) is 5.82 Å². The highest BCUT2D eigenvalue weighted by atomic mass is 19.1. The van der Waals surface area contributed by atoms with Crippen LogP contribution in [-0.2, 0) is 16.1 Å². The Morgan fingerprint density at radius 2 is 1.43 bits per heavy atom. The number of anilines is 1. The van der Waals surface area contributed by atoms with Gasteiger partial charge in [0.15, 0.2) is 0 Å². The number of halogens is 1. The number of aromatic nitrogens is 1. The maximum absolute atomic E-state index is 14.1. The van der Waals surface area contributed by atoms with E-state index < -0.39 is 35.9 Å². The molecule has 1 aromatic heterocycles. The van der Waals surface area contributed by atoms with Crippen molar-refractivity contribution in [2.45, 2.75) is 70.7 Å². The van der Waals surface area contributed by atoms with Crippen LogP contribution in [0.3, 0.4) is 0 Å². The van der Waals surface area contributed by atoms with Crippen LogP contribution < -0.4 is 10.6 Å². The van der Waals surface area contributed by atoms with Crippen LogP contribution in [0.4, 0.5) is 10.1 Å². The number of rotatable bonds is 14. The second kappa shape index (κ2) is 15.5. The molecule has 1 heterocycles. The van der Waals surface area contributed by atoms with Crippen LogP contribution in [0.1, 0.15) is 62.0 Å². The molecule has 2 amide bonds. The largest absolute Gasteiger partial charge is 0.480 e. The molecule has 0 fully saturated rings. The Morgan fingerprint density at radius 1 is 0.826 bits per heavy atom. The molecule has 0 radical (unpaired) electrons. The number of aliphatic hydroxyl groups excluding tert-OH is 2. The molecule has 0 saturated heterocycles. The second-order valence-electron chi connectivity index (χ2n) is 11.6. The van der Waals surface area contributed by atoms with E-state index in [0.717, 1.165) is 11.3 Å². The van der Waals surface area contributed by atoms with Crippen molar-refractivity contribution in [3.05, 3.63) is 102 Å². The average molecular weight is 630 g/mol. The SMILES string of the molecule is CC(C)c1c(C(=O)Nc2ccccc2)c(-c2ccccc2)c(-c2ccc(F)cc2)n1CC[C@@H](O)C[C@@H](O)CC(=O)N[C@@H](C)C(=O)O. The van der Waals surface area contributed by atoms with Gasteiger partial charge >= 0.3 is 5.97 Å². The number of carbonyl (C=O) groups is 3. The predicted molar refractivity (Wildman–Crippen MR) is 175 cm³/mol. The highest BCUT2D eigenvalue weighted by molar-refractivity contribution is 6.12. The number of nitrogens with zero attached hydrogens (tertiary/aromatic N) is 1. The van der Waals surface area contributed by atoms with Gasteiger partial charge in [-0.2, -0.15) is 0 Å². The van der Waals surface area contributed by atoms with Gasteiger partial charge in [0.05, 0.1) is 29.9 Å². The molecule has 4 rings (SSSR count). The number of hydrogen-bond donors (Lipinski definition) is 5. The van der Waals surface area contributed by atoms with Crippen LogP contribution >= 0.6 is 0 Å². The van der Waals surface area contributed by atoms with Gasteiger partial charge in [0.25, 0.3) is 5.91 Å². The number of carboxylic acid groups (broad SMARTS) is 1. The van der Waals surface area contributed by atoms with Crippen molar-refractivity contribution in [1.29, 1.82) is 0 Å². The molecule has 0 aliphatic rings. The molecule has 0 spiro atoms. The topological polar surface area (TPSA) is 141 Å². The molecule has 0 bridgehead atoms. The van der Waals surface area contributed by atoms with Gasteiger partial charge in [0.2, 0.25) is 5.91 Å². The van der Waals surface area contributed by atoms with Crippen LogP contribution in [0.2, 0.25) is 0 Å². The summed E-state index contributed by atoms with van der Waals surface area (Å²) in [4.78, 5) is 37.3. The molecule has 0 aliphatic carbocycles. The molecule has 3 aromatic carbocycles. The van der Waals surface area contributed by atoms with Crippen molar-refractivity contribution in [3.63, 3.8) is 0 Å². The van der Waals surface area contributed by atoms with Crippen molar-refractivity contribution in [2.75, 3.05) is 5.32 Å². The van der Waals surface area contributed by atoms with Crippen LogP contribution in [-0.4, -0.2) is 55.9 Å². The molecule has 3 atom stereocenters. The molecule has 5 N–H and O–H groups in total. The number of benzene rings is 3. The van der Waals surface area contributed by atoms with Crippen LogP contribution in [0.15, 0.2) is 84.9 Å². The number of nitrogens with one attached hydrogen (secondary N) is 2. The number of carbonyl (C=O) groups excluding carboxylic acids is 2. The third-order valence-corrected chi connectivity index (χ3v) is 7.69. The van der Waals surface area contributed by atoms with Crippen molar-refractivity contribution in [2.24, 2.45) is 0 Å². The Labute approximate surface area is 267 Å².